The SMILES string of the molecule is O=CN1CCC(=O)N2CC(=O)N(Cc3ccc(Cl)cc3)CC12. The van der Waals surface area contributed by atoms with Gasteiger partial charge in [-0.1, -0.05) is 23.7 Å². The Morgan fingerprint density at radius 1 is 1.18 bits per heavy atom. The van der Waals surface area contributed by atoms with Crippen molar-refractivity contribution in [1.82, 2.24) is 14.7 Å². The summed E-state index contributed by atoms with van der Waals surface area (Å²) in [6, 6.07) is 7.29. The van der Waals surface area contributed by atoms with Crippen molar-refractivity contribution in [1.29, 1.82) is 0 Å². The standard InChI is InChI=1S/C15H16ClN3O3/c16-12-3-1-11(2-4-12)7-18-8-13-17(10-20)6-5-14(21)19(13)9-15(18)22/h1-4,10,13H,5-9H2. The molecule has 6 nitrogen and oxygen atoms in total. The predicted octanol–water partition coefficient (Wildman–Crippen LogP) is 0.699. The van der Waals surface area contributed by atoms with Crippen LogP contribution >= 0.6 is 11.6 Å². The van der Waals surface area contributed by atoms with Gasteiger partial charge in [0.2, 0.25) is 18.2 Å². The van der Waals surface area contributed by atoms with Crippen LogP contribution in [0.3, 0.4) is 0 Å². The summed E-state index contributed by atoms with van der Waals surface area (Å²) in [6.45, 7) is 1.22. The van der Waals surface area contributed by atoms with Crippen molar-refractivity contribution in [2.75, 3.05) is 19.6 Å². The van der Waals surface area contributed by atoms with Crippen LogP contribution in [0, 0.1) is 0 Å². The van der Waals surface area contributed by atoms with Crippen LogP contribution in [0.25, 0.3) is 0 Å². The molecule has 3 rings (SSSR count). The summed E-state index contributed by atoms with van der Waals surface area (Å²) in [7, 11) is 0. The monoisotopic (exact) mass is 321 g/mol. The second-order valence-electron chi connectivity index (χ2n) is 5.50. The van der Waals surface area contributed by atoms with Crippen LogP contribution in [0.4, 0.5) is 0 Å². The number of benzene rings is 1. The minimum atomic E-state index is -0.358. The second kappa shape index (κ2) is 5.96. The highest BCUT2D eigenvalue weighted by atomic mass is 35.5. The number of piperazine rings is 1. The first kappa shape index (κ1) is 14.8. The van der Waals surface area contributed by atoms with Crippen LogP contribution in [-0.4, -0.2) is 58.7 Å². The van der Waals surface area contributed by atoms with E-state index < -0.39 is 0 Å². The third-order valence-corrected chi connectivity index (χ3v) is 4.36. The molecular formula is C15H16ClN3O3. The Morgan fingerprint density at radius 2 is 1.91 bits per heavy atom. The Morgan fingerprint density at radius 3 is 2.59 bits per heavy atom. The second-order valence-corrected chi connectivity index (χ2v) is 5.93. The minimum Gasteiger partial charge on any atom is -0.333 e. The molecule has 2 fully saturated rings. The number of hydrogen-bond acceptors (Lipinski definition) is 3. The molecule has 3 amide bonds. The third-order valence-electron chi connectivity index (χ3n) is 4.11. The van der Waals surface area contributed by atoms with Crippen molar-refractivity contribution in [2.24, 2.45) is 0 Å². The summed E-state index contributed by atoms with van der Waals surface area (Å²) >= 11 is 5.86. The summed E-state index contributed by atoms with van der Waals surface area (Å²) in [5.41, 5.74) is 0.964. The Hall–Kier alpha value is -2.08. The van der Waals surface area contributed by atoms with E-state index in [1.54, 1.807) is 21.9 Å². The molecule has 7 heteroatoms. The maximum atomic E-state index is 12.3. The number of nitrogens with zero attached hydrogens (tertiary/aromatic N) is 3. The third kappa shape index (κ3) is 2.78. The lowest BCUT2D eigenvalue weighted by atomic mass is 10.1. The minimum absolute atomic E-state index is 0.0292. The fourth-order valence-corrected chi connectivity index (χ4v) is 3.02. The Bertz CT molecular complexity index is 605. The Kier molecular flexibility index (Phi) is 4.02. The summed E-state index contributed by atoms with van der Waals surface area (Å²) in [6.07, 6.45) is 0.670. The molecular weight excluding hydrogens is 306 g/mol. The molecule has 0 radical (unpaired) electrons. The molecule has 0 aliphatic carbocycles. The first-order chi connectivity index (χ1) is 10.6. The van der Waals surface area contributed by atoms with Crippen LogP contribution in [0.15, 0.2) is 24.3 Å². The zero-order valence-electron chi connectivity index (χ0n) is 11.9. The fourth-order valence-electron chi connectivity index (χ4n) is 2.89. The average Bonchev–Trinajstić information content (AvgIpc) is 2.51. The normalized spacial score (nSPS) is 21.9. The number of fused-ring (bicyclic) bond motifs is 1. The number of amides is 3. The summed E-state index contributed by atoms with van der Waals surface area (Å²) in [5.74, 6) is -0.171. The van der Waals surface area contributed by atoms with E-state index in [0.29, 0.717) is 24.7 Å². The molecule has 2 aliphatic heterocycles. The van der Waals surface area contributed by atoms with Gasteiger partial charge in [0.25, 0.3) is 0 Å². The van der Waals surface area contributed by atoms with Crippen molar-refractivity contribution < 1.29 is 14.4 Å². The first-order valence-electron chi connectivity index (χ1n) is 7.11. The quantitative estimate of drug-likeness (QED) is 0.770. The zero-order chi connectivity index (χ0) is 15.7. The van der Waals surface area contributed by atoms with Crippen LogP contribution in [0.5, 0.6) is 0 Å². The van der Waals surface area contributed by atoms with Gasteiger partial charge in [0, 0.05) is 24.5 Å². The molecule has 2 saturated heterocycles. The van der Waals surface area contributed by atoms with E-state index in [4.69, 9.17) is 11.6 Å². The van der Waals surface area contributed by atoms with Gasteiger partial charge in [-0.3, -0.25) is 14.4 Å². The molecule has 2 aliphatic rings. The highest BCUT2D eigenvalue weighted by Gasteiger charge is 2.40. The lowest BCUT2D eigenvalue weighted by Gasteiger charge is -2.47. The summed E-state index contributed by atoms with van der Waals surface area (Å²) < 4.78 is 0. The number of hydrogen-bond donors (Lipinski definition) is 0. The van der Waals surface area contributed by atoms with E-state index in [0.717, 1.165) is 12.0 Å². The van der Waals surface area contributed by atoms with Crippen molar-refractivity contribution in [2.45, 2.75) is 19.1 Å². The van der Waals surface area contributed by atoms with Crippen molar-refractivity contribution in [3.63, 3.8) is 0 Å². The van der Waals surface area contributed by atoms with Crippen molar-refractivity contribution >= 4 is 29.8 Å². The largest absolute Gasteiger partial charge is 0.333 e. The van der Waals surface area contributed by atoms with Gasteiger partial charge in [-0.2, -0.15) is 0 Å². The van der Waals surface area contributed by atoms with E-state index in [1.165, 1.54) is 4.90 Å². The Labute approximate surface area is 133 Å². The first-order valence-corrected chi connectivity index (χ1v) is 7.49. The number of halogens is 1. The van der Waals surface area contributed by atoms with E-state index in [2.05, 4.69) is 0 Å². The molecule has 1 unspecified atom stereocenters. The lowest BCUT2D eigenvalue weighted by Crippen LogP contribution is -2.66. The van der Waals surface area contributed by atoms with Gasteiger partial charge in [-0.15, -0.1) is 0 Å². The molecule has 0 N–H and O–H groups in total. The van der Waals surface area contributed by atoms with Gasteiger partial charge in [0.1, 0.15) is 12.7 Å². The number of carbonyl (C=O) groups excluding carboxylic acids is 3. The van der Waals surface area contributed by atoms with E-state index in [-0.39, 0.29) is 30.9 Å². The van der Waals surface area contributed by atoms with Gasteiger partial charge in [-0.25, -0.2) is 0 Å². The molecule has 22 heavy (non-hydrogen) atoms. The van der Waals surface area contributed by atoms with Crippen LogP contribution in [-0.2, 0) is 20.9 Å². The lowest BCUT2D eigenvalue weighted by molar-refractivity contribution is -0.163. The zero-order valence-corrected chi connectivity index (χ0v) is 12.7. The maximum absolute atomic E-state index is 12.3. The van der Waals surface area contributed by atoms with Crippen LogP contribution < -0.4 is 0 Å². The maximum Gasteiger partial charge on any atom is 0.242 e. The fraction of sp³-hybridized carbons (Fsp3) is 0.400. The summed E-state index contributed by atoms with van der Waals surface area (Å²) in [5, 5.41) is 0.643. The molecule has 2 heterocycles. The molecule has 1 aromatic carbocycles. The molecule has 0 aromatic heterocycles. The number of rotatable bonds is 3. The average molecular weight is 322 g/mol. The van der Waals surface area contributed by atoms with Crippen molar-refractivity contribution in [3.8, 4) is 0 Å². The van der Waals surface area contributed by atoms with Gasteiger partial charge in [0.05, 0.1) is 6.54 Å². The molecule has 0 spiro atoms. The van der Waals surface area contributed by atoms with Crippen LogP contribution in [0.2, 0.25) is 5.02 Å². The van der Waals surface area contributed by atoms with Crippen LogP contribution in [0.1, 0.15) is 12.0 Å². The van der Waals surface area contributed by atoms with Crippen molar-refractivity contribution in [3.05, 3.63) is 34.9 Å². The van der Waals surface area contributed by atoms with Gasteiger partial charge in [0.15, 0.2) is 0 Å². The molecule has 116 valence electrons. The van der Waals surface area contributed by atoms with E-state index >= 15 is 0 Å². The molecule has 0 saturated carbocycles. The van der Waals surface area contributed by atoms with Gasteiger partial charge >= 0.3 is 0 Å². The molecule has 1 aromatic rings. The van der Waals surface area contributed by atoms with Gasteiger partial charge in [-0.05, 0) is 17.7 Å². The van der Waals surface area contributed by atoms with Gasteiger partial charge < -0.3 is 14.7 Å². The Balaban J connectivity index is 1.76. The van der Waals surface area contributed by atoms with E-state index in [9.17, 15) is 14.4 Å². The molecule has 0 bridgehead atoms. The summed E-state index contributed by atoms with van der Waals surface area (Å²) in [4.78, 5) is 40.1. The molecule has 1 atom stereocenters. The topological polar surface area (TPSA) is 60.9 Å². The smallest absolute Gasteiger partial charge is 0.242 e. The highest BCUT2D eigenvalue weighted by Crippen LogP contribution is 2.21. The highest BCUT2D eigenvalue weighted by molar-refractivity contribution is 6.30. The predicted molar refractivity (Wildman–Crippen MR) is 79.8 cm³/mol. The number of carbonyl (C=O) groups is 3. The van der Waals surface area contributed by atoms with E-state index in [1.807, 2.05) is 12.1 Å².